The minimum Gasteiger partial charge on any atom is -0.478 e. The number of carbonyl (C=O) groups is 2. The summed E-state index contributed by atoms with van der Waals surface area (Å²) in [6.07, 6.45) is -0.771. The summed E-state index contributed by atoms with van der Waals surface area (Å²) >= 11 is 0. The van der Waals surface area contributed by atoms with E-state index >= 15 is 0 Å². The van der Waals surface area contributed by atoms with Gasteiger partial charge in [0.05, 0.1) is 0 Å². The van der Waals surface area contributed by atoms with Crippen molar-refractivity contribution in [2.24, 2.45) is 0 Å². The molecule has 1 aromatic heterocycles. The predicted molar refractivity (Wildman–Crippen MR) is 64.7 cm³/mol. The van der Waals surface area contributed by atoms with Gasteiger partial charge in [-0.3, -0.25) is 4.79 Å². The van der Waals surface area contributed by atoms with Crippen LogP contribution >= 0.6 is 0 Å². The van der Waals surface area contributed by atoms with Gasteiger partial charge in [-0.25, -0.2) is 9.78 Å². The van der Waals surface area contributed by atoms with Gasteiger partial charge in [-0.2, -0.15) is 0 Å². The first-order valence-corrected chi connectivity index (χ1v) is 5.61. The molecule has 0 saturated heterocycles. The normalized spacial score (nSPS) is 11.7. The van der Waals surface area contributed by atoms with Gasteiger partial charge in [0.15, 0.2) is 17.5 Å². The molecule has 0 aliphatic carbocycles. The van der Waals surface area contributed by atoms with Crippen LogP contribution in [0.4, 0.5) is 0 Å². The van der Waals surface area contributed by atoms with Crippen molar-refractivity contribution in [1.82, 2.24) is 10.3 Å². The molecular formula is C12H16N2O4. The first kappa shape index (κ1) is 14.0. The molecule has 1 rings (SSSR count). The summed E-state index contributed by atoms with van der Waals surface area (Å²) in [7, 11) is 0. The van der Waals surface area contributed by atoms with Gasteiger partial charge >= 0.3 is 5.97 Å². The number of pyridine rings is 1. The van der Waals surface area contributed by atoms with Crippen molar-refractivity contribution < 1.29 is 19.4 Å². The first-order valence-electron chi connectivity index (χ1n) is 5.61. The van der Waals surface area contributed by atoms with Crippen molar-refractivity contribution >= 4 is 11.9 Å². The zero-order valence-corrected chi connectivity index (χ0v) is 10.6. The third kappa shape index (κ3) is 3.44. The van der Waals surface area contributed by atoms with Crippen LogP contribution in [0.25, 0.3) is 0 Å². The number of likely N-dealkylation sites (N-methyl/N-ethyl adjacent to an activating group) is 1. The van der Waals surface area contributed by atoms with Gasteiger partial charge in [0.2, 0.25) is 0 Å². The van der Waals surface area contributed by atoms with E-state index in [1.165, 1.54) is 6.07 Å². The maximum atomic E-state index is 11.5. The maximum Gasteiger partial charge on any atom is 0.358 e. The average molecular weight is 252 g/mol. The standard InChI is InChI=1S/C12H16N2O4/c1-4-13-11(15)8(3)18-9-6-5-7(2)14-10(9)12(16)17/h5-6,8H,4H2,1-3H3,(H,13,15)(H,16,17). The predicted octanol–water partition coefficient (Wildman–Crippen LogP) is 0.992. The summed E-state index contributed by atoms with van der Waals surface area (Å²) in [5.41, 5.74) is 0.386. The van der Waals surface area contributed by atoms with E-state index in [1.54, 1.807) is 26.8 Å². The van der Waals surface area contributed by atoms with E-state index in [4.69, 9.17) is 9.84 Å². The Morgan fingerprint density at radius 1 is 1.50 bits per heavy atom. The van der Waals surface area contributed by atoms with Gasteiger partial charge in [0, 0.05) is 12.2 Å². The fourth-order valence-corrected chi connectivity index (χ4v) is 1.35. The van der Waals surface area contributed by atoms with Crippen LogP contribution in [0.15, 0.2) is 12.1 Å². The number of rotatable bonds is 5. The number of aryl methyl sites for hydroxylation is 1. The molecule has 2 N–H and O–H groups in total. The van der Waals surface area contributed by atoms with Crippen LogP contribution in [0.1, 0.15) is 30.0 Å². The van der Waals surface area contributed by atoms with E-state index in [0.717, 1.165) is 0 Å². The second kappa shape index (κ2) is 6.00. The summed E-state index contributed by atoms with van der Waals surface area (Å²) < 4.78 is 5.32. The van der Waals surface area contributed by atoms with Gasteiger partial charge in [0.1, 0.15) is 0 Å². The van der Waals surface area contributed by atoms with Crippen LogP contribution in [0.2, 0.25) is 0 Å². The van der Waals surface area contributed by atoms with Crippen LogP contribution < -0.4 is 10.1 Å². The molecule has 18 heavy (non-hydrogen) atoms. The van der Waals surface area contributed by atoms with Crippen molar-refractivity contribution in [3.8, 4) is 5.75 Å². The summed E-state index contributed by atoms with van der Waals surface area (Å²) in [4.78, 5) is 26.4. The summed E-state index contributed by atoms with van der Waals surface area (Å²) in [5.74, 6) is -1.39. The van der Waals surface area contributed by atoms with Gasteiger partial charge in [0.25, 0.3) is 5.91 Å². The number of aromatic carboxylic acids is 1. The van der Waals surface area contributed by atoms with Crippen molar-refractivity contribution in [3.63, 3.8) is 0 Å². The molecule has 0 saturated carbocycles. The van der Waals surface area contributed by atoms with Crippen molar-refractivity contribution in [2.45, 2.75) is 26.9 Å². The highest BCUT2D eigenvalue weighted by atomic mass is 16.5. The number of carboxylic acids is 1. The highest BCUT2D eigenvalue weighted by Crippen LogP contribution is 2.18. The Hall–Kier alpha value is -2.11. The van der Waals surface area contributed by atoms with Gasteiger partial charge in [-0.05, 0) is 32.9 Å². The Morgan fingerprint density at radius 2 is 2.17 bits per heavy atom. The smallest absolute Gasteiger partial charge is 0.358 e. The first-order chi connectivity index (χ1) is 8.45. The molecule has 6 heteroatoms. The Bertz CT molecular complexity index is 459. The third-order valence-corrected chi connectivity index (χ3v) is 2.22. The summed E-state index contributed by atoms with van der Waals surface area (Å²) in [6.45, 7) is 5.52. The number of nitrogens with one attached hydrogen (secondary N) is 1. The van der Waals surface area contributed by atoms with Crippen LogP contribution in [-0.4, -0.2) is 34.6 Å². The monoisotopic (exact) mass is 252 g/mol. The molecule has 1 amide bonds. The number of carbonyl (C=O) groups excluding carboxylic acids is 1. The van der Waals surface area contributed by atoms with E-state index in [9.17, 15) is 9.59 Å². The SMILES string of the molecule is CCNC(=O)C(C)Oc1ccc(C)nc1C(=O)O. The lowest BCUT2D eigenvalue weighted by Gasteiger charge is -2.15. The van der Waals surface area contributed by atoms with E-state index < -0.39 is 12.1 Å². The second-order valence-electron chi connectivity index (χ2n) is 3.76. The number of nitrogens with zero attached hydrogens (tertiary/aromatic N) is 1. The molecular weight excluding hydrogens is 236 g/mol. The molecule has 0 fully saturated rings. The molecule has 1 unspecified atom stereocenters. The Labute approximate surface area is 105 Å². The lowest BCUT2D eigenvalue weighted by molar-refractivity contribution is -0.127. The third-order valence-electron chi connectivity index (χ3n) is 2.22. The summed E-state index contributed by atoms with van der Waals surface area (Å²) in [6, 6.07) is 3.13. The quantitative estimate of drug-likeness (QED) is 0.815. The molecule has 0 aromatic carbocycles. The average Bonchev–Trinajstić information content (AvgIpc) is 2.31. The molecule has 0 aliphatic heterocycles. The largest absolute Gasteiger partial charge is 0.478 e. The molecule has 1 aromatic rings. The molecule has 1 heterocycles. The minimum absolute atomic E-state index is 0.0897. The summed E-state index contributed by atoms with van der Waals surface area (Å²) in [5, 5.41) is 11.6. The van der Waals surface area contributed by atoms with E-state index in [2.05, 4.69) is 10.3 Å². The van der Waals surface area contributed by atoms with Crippen molar-refractivity contribution in [3.05, 3.63) is 23.5 Å². The molecule has 0 aliphatic rings. The Balaban J connectivity index is 2.90. The number of hydrogen-bond acceptors (Lipinski definition) is 4. The van der Waals surface area contributed by atoms with Crippen molar-refractivity contribution in [2.75, 3.05) is 6.54 Å². The molecule has 0 bridgehead atoms. The van der Waals surface area contributed by atoms with Gasteiger partial charge < -0.3 is 15.2 Å². The minimum atomic E-state index is -1.18. The van der Waals surface area contributed by atoms with Crippen LogP contribution in [-0.2, 0) is 4.79 Å². The highest BCUT2D eigenvalue weighted by molar-refractivity contribution is 5.89. The second-order valence-corrected chi connectivity index (χ2v) is 3.76. The molecule has 0 spiro atoms. The molecule has 98 valence electrons. The number of carboxylic acid groups (broad SMARTS) is 1. The number of ether oxygens (including phenoxy) is 1. The van der Waals surface area contributed by atoms with Crippen molar-refractivity contribution in [1.29, 1.82) is 0 Å². The van der Waals surface area contributed by atoms with Crippen LogP contribution in [0.5, 0.6) is 5.75 Å². The topological polar surface area (TPSA) is 88.5 Å². The number of hydrogen-bond donors (Lipinski definition) is 2. The number of aromatic nitrogens is 1. The van der Waals surface area contributed by atoms with Gasteiger partial charge in [-0.1, -0.05) is 0 Å². The van der Waals surface area contributed by atoms with Gasteiger partial charge in [-0.15, -0.1) is 0 Å². The lowest BCUT2D eigenvalue weighted by atomic mass is 10.2. The zero-order chi connectivity index (χ0) is 13.7. The fourth-order valence-electron chi connectivity index (χ4n) is 1.35. The highest BCUT2D eigenvalue weighted by Gasteiger charge is 2.19. The van der Waals surface area contributed by atoms with Crippen LogP contribution in [0.3, 0.4) is 0 Å². The van der Waals surface area contributed by atoms with E-state index in [1.807, 2.05) is 0 Å². The maximum absolute atomic E-state index is 11.5. The Morgan fingerprint density at radius 3 is 2.72 bits per heavy atom. The molecule has 1 atom stereocenters. The Kier molecular flexibility index (Phi) is 4.65. The molecule has 6 nitrogen and oxygen atoms in total. The molecule has 0 radical (unpaired) electrons. The van der Waals surface area contributed by atoms with Crippen LogP contribution in [0, 0.1) is 6.92 Å². The number of amides is 1. The van der Waals surface area contributed by atoms with E-state index in [-0.39, 0.29) is 17.4 Å². The lowest BCUT2D eigenvalue weighted by Crippen LogP contribution is -2.36. The zero-order valence-electron chi connectivity index (χ0n) is 10.6. The van der Waals surface area contributed by atoms with E-state index in [0.29, 0.717) is 12.2 Å². The fraction of sp³-hybridized carbons (Fsp3) is 0.417.